The molecule has 1 aromatic carbocycles. The molecular formula is C20H14F3N7OS. The van der Waals surface area contributed by atoms with E-state index in [1.807, 2.05) is 12.1 Å². The van der Waals surface area contributed by atoms with Crippen molar-refractivity contribution in [2.45, 2.75) is 6.18 Å². The van der Waals surface area contributed by atoms with E-state index in [0.29, 0.717) is 16.4 Å². The maximum absolute atomic E-state index is 12.7. The highest BCUT2D eigenvalue weighted by atomic mass is 32.1. The van der Waals surface area contributed by atoms with Crippen molar-refractivity contribution in [3.05, 3.63) is 72.2 Å². The second kappa shape index (κ2) is 9.06. The Labute approximate surface area is 183 Å². The first-order valence-corrected chi connectivity index (χ1v) is 9.88. The summed E-state index contributed by atoms with van der Waals surface area (Å²) in [7, 11) is 1.58. The van der Waals surface area contributed by atoms with E-state index in [2.05, 4.69) is 35.7 Å². The zero-order chi connectivity index (χ0) is 22.6. The van der Waals surface area contributed by atoms with E-state index in [-0.39, 0.29) is 11.7 Å². The molecule has 0 radical (unpaired) electrons. The van der Waals surface area contributed by atoms with Crippen LogP contribution in [0.1, 0.15) is 11.1 Å². The topological polar surface area (TPSA) is 97.0 Å². The minimum atomic E-state index is -4.47. The van der Waals surface area contributed by atoms with Gasteiger partial charge in [0.05, 0.1) is 22.9 Å². The molecule has 3 aromatic heterocycles. The molecule has 0 fully saturated rings. The van der Waals surface area contributed by atoms with Crippen LogP contribution in [0.2, 0.25) is 0 Å². The molecule has 12 heteroatoms. The number of nitrogens with zero attached hydrogens (tertiary/aromatic N) is 6. The lowest BCUT2D eigenvalue weighted by molar-refractivity contribution is -0.137. The highest BCUT2D eigenvalue weighted by Crippen LogP contribution is 2.31. The van der Waals surface area contributed by atoms with Crippen LogP contribution >= 0.6 is 11.3 Å². The fraction of sp³-hybridized carbons (Fsp3) is 0.100. The Balaban J connectivity index is 1.60. The molecule has 4 aromatic rings. The number of thiazole rings is 1. The number of halogens is 3. The number of methoxy groups -OCH3 is 1. The first-order chi connectivity index (χ1) is 15.4. The number of hydrogen-bond acceptors (Lipinski definition) is 8. The Kier molecular flexibility index (Phi) is 6.03. The fourth-order valence-electron chi connectivity index (χ4n) is 2.53. The van der Waals surface area contributed by atoms with Crippen LogP contribution in [0.25, 0.3) is 10.2 Å². The molecule has 0 amide bonds. The van der Waals surface area contributed by atoms with Gasteiger partial charge < -0.3 is 4.74 Å². The van der Waals surface area contributed by atoms with Gasteiger partial charge in [0, 0.05) is 24.2 Å². The molecule has 3 heterocycles. The number of hydrogen-bond donors (Lipinski definition) is 1. The van der Waals surface area contributed by atoms with Gasteiger partial charge in [-0.15, -0.1) is 10.2 Å². The zero-order valence-corrected chi connectivity index (χ0v) is 17.2. The van der Waals surface area contributed by atoms with Gasteiger partial charge >= 0.3 is 6.18 Å². The van der Waals surface area contributed by atoms with E-state index < -0.39 is 11.7 Å². The van der Waals surface area contributed by atoms with Crippen molar-refractivity contribution in [3.8, 4) is 5.75 Å². The summed E-state index contributed by atoms with van der Waals surface area (Å²) in [5.41, 5.74) is 3.03. The van der Waals surface area contributed by atoms with Crippen molar-refractivity contribution in [3.63, 3.8) is 0 Å². The van der Waals surface area contributed by atoms with Gasteiger partial charge in [0.15, 0.2) is 0 Å². The van der Waals surface area contributed by atoms with Gasteiger partial charge in [0.25, 0.3) is 0 Å². The summed E-state index contributed by atoms with van der Waals surface area (Å²) in [4.78, 5) is 12.2. The Morgan fingerprint density at radius 1 is 1.12 bits per heavy atom. The number of alkyl halides is 3. The molecule has 0 bridgehead atoms. The van der Waals surface area contributed by atoms with E-state index in [4.69, 9.17) is 4.74 Å². The quantitative estimate of drug-likeness (QED) is 0.180. The van der Waals surface area contributed by atoms with Gasteiger partial charge in [-0.1, -0.05) is 11.3 Å². The smallest absolute Gasteiger partial charge is 0.417 e. The third kappa shape index (κ3) is 5.03. The molecule has 32 heavy (non-hydrogen) atoms. The van der Waals surface area contributed by atoms with Crippen LogP contribution in [0.5, 0.6) is 5.75 Å². The summed E-state index contributed by atoms with van der Waals surface area (Å²) in [6.45, 7) is 0. The Morgan fingerprint density at radius 2 is 2.00 bits per heavy atom. The monoisotopic (exact) mass is 457 g/mol. The molecule has 4 rings (SSSR count). The summed E-state index contributed by atoms with van der Waals surface area (Å²) in [5, 5.41) is 12.8. The lowest BCUT2D eigenvalue weighted by atomic mass is 10.3. The lowest BCUT2D eigenvalue weighted by Gasteiger charge is -2.06. The molecule has 0 unspecified atom stereocenters. The zero-order valence-electron chi connectivity index (χ0n) is 16.4. The average molecular weight is 457 g/mol. The first kappa shape index (κ1) is 21.3. The largest absolute Gasteiger partial charge is 0.497 e. The van der Waals surface area contributed by atoms with Gasteiger partial charge in [-0.05, 0) is 42.5 Å². The van der Waals surface area contributed by atoms with Crippen molar-refractivity contribution < 1.29 is 17.9 Å². The van der Waals surface area contributed by atoms with Gasteiger partial charge in [-0.3, -0.25) is 10.4 Å². The SMILES string of the molecule is COc1ccc2nc(N=NC(=NNc3ccc(C(F)(F)F)cn3)c3cccnc3)sc2c1. The van der Waals surface area contributed by atoms with Gasteiger partial charge in [0.1, 0.15) is 11.6 Å². The molecule has 0 aliphatic carbocycles. The molecule has 8 nitrogen and oxygen atoms in total. The predicted octanol–water partition coefficient (Wildman–Crippen LogP) is 5.67. The number of ether oxygens (including phenoxy) is 1. The Bertz CT molecular complexity index is 1270. The molecule has 0 spiro atoms. The number of amidine groups is 1. The number of aromatic nitrogens is 3. The molecule has 0 aliphatic rings. The predicted molar refractivity (Wildman–Crippen MR) is 114 cm³/mol. The van der Waals surface area contributed by atoms with Gasteiger partial charge in [-0.25, -0.2) is 9.97 Å². The summed E-state index contributed by atoms with van der Waals surface area (Å²) in [5.74, 6) is 0.966. The van der Waals surface area contributed by atoms with Crippen LogP contribution in [0.15, 0.2) is 76.4 Å². The van der Waals surface area contributed by atoms with Crippen molar-refractivity contribution in [1.82, 2.24) is 15.0 Å². The Hall–Kier alpha value is -3.93. The molecule has 1 N–H and O–H groups in total. The summed E-state index contributed by atoms with van der Waals surface area (Å²) < 4.78 is 44.2. The molecule has 162 valence electrons. The minimum absolute atomic E-state index is 0.113. The van der Waals surface area contributed by atoms with Crippen molar-refractivity contribution in [2.24, 2.45) is 15.3 Å². The van der Waals surface area contributed by atoms with Crippen molar-refractivity contribution in [1.29, 1.82) is 0 Å². The maximum atomic E-state index is 12.7. The highest BCUT2D eigenvalue weighted by molar-refractivity contribution is 7.21. The molecule has 0 aliphatic heterocycles. The highest BCUT2D eigenvalue weighted by Gasteiger charge is 2.30. The third-order valence-corrected chi connectivity index (χ3v) is 5.00. The van der Waals surface area contributed by atoms with E-state index >= 15 is 0 Å². The molecule has 0 saturated heterocycles. The molecular weight excluding hydrogens is 443 g/mol. The second-order valence-electron chi connectivity index (χ2n) is 6.25. The molecule has 0 atom stereocenters. The van der Waals surface area contributed by atoms with Crippen molar-refractivity contribution in [2.75, 3.05) is 12.5 Å². The van der Waals surface area contributed by atoms with Crippen LogP contribution in [-0.4, -0.2) is 27.9 Å². The summed E-state index contributed by atoms with van der Waals surface area (Å²) in [6.07, 6.45) is -0.628. The van der Waals surface area contributed by atoms with E-state index in [9.17, 15) is 13.2 Å². The van der Waals surface area contributed by atoms with E-state index in [0.717, 1.165) is 22.5 Å². The van der Waals surface area contributed by atoms with E-state index in [1.165, 1.54) is 23.6 Å². The van der Waals surface area contributed by atoms with Crippen LogP contribution in [-0.2, 0) is 6.18 Å². The number of benzene rings is 1. The first-order valence-electron chi connectivity index (χ1n) is 9.06. The number of anilines is 1. The van der Waals surface area contributed by atoms with Gasteiger partial charge in [-0.2, -0.15) is 18.3 Å². The van der Waals surface area contributed by atoms with Gasteiger partial charge in [0.2, 0.25) is 11.0 Å². The number of azo groups is 1. The number of fused-ring (bicyclic) bond motifs is 1. The number of hydrazone groups is 1. The number of nitrogens with one attached hydrogen (secondary N) is 1. The van der Waals surface area contributed by atoms with Crippen LogP contribution in [0.4, 0.5) is 24.1 Å². The van der Waals surface area contributed by atoms with Crippen molar-refractivity contribution >= 4 is 38.3 Å². The number of pyridine rings is 2. The average Bonchev–Trinajstić information content (AvgIpc) is 3.21. The Morgan fingerprint density at radius 3 is 2.69 bits per heavy atom. The standard InChI is InChI=1S/C20H14F3N7OS/c1-31-14-5-6-15-16(9-14)32-19(26-15)30-29-18(12-3-2-8-24-10-12)28-27-17-7-4-13(11-25-17)20(21,22)23/h2-11H,1H3,(H,25,27). The molecule has 0 saturated carbocycles. The lowest BCUT2D eigenvalue weighted by Crippen LogP contribution is -2.06. The summed E-state index contributed by atoms with van der Waals surface area (Å²) >= 11 is 1.32. The van der Waals surface area contributed by atoms with Crippen LogP contribution in [0.3, 0.4) is 0 Å². The maximum Gasteiger partial charge on any atom is 0.417 e. The minimum Gasteiger partial charge on any atom is -0.497 e. The summed E-state index contributed by atoms with van der Waals surface area (Å²) in [6, 6.07) is 11.0. The second-order valence-corrected chi connectivity index (χ2v) is 7.26. The fourth-order valence-corrected chi connectivity index (χ4v) is 3.35. The normalized spacial score (nSPS) is 12.4. The van der Waals surface area contributed by atoms with Crippen LogP contribution < -0.4 is 10.2 Å². The van der Waals surface area contributed by atoms with E-state index in [1.54, 1.807) is 31.5 Å². The van der Waals surface area contributed by atoms with Crippen LogP contribution in [0, 0.1) is 0 Å². The third-order valence-electron chi connectivity index (χ3n) is 4.10. The number of rotatable bonds is 5.